The Hall–Kier alpha value is -1.80. The Kier molecular flexibility index (Phi) is 6.30. The third-order valence-electron chi connectivity index (χ3n) is 2.15. The first kappa shape index (κ1) is 17.2. The highest BCUT2D eigenvalue weighted by Crippen LogP contribution is 2.17. The number of hydrogen-bond acceptors (Lipinski definition) is 4. The van der Waals surface area contributed by atoms with Crippen molar-refractivity contribution in [2.45, 2.75) is 5.92 Å². The van der Waals surface area contributed by atoms with Gasteiger partial charge in [0.25, 0.3) is 17.5 Å². The van der Waals surface area contributed by atoms with E-state index < -0.39 is 35.5 Å². The highest BCUT2D eigenvalue weighted by Gasteiger charge is 2.28. The smallest absolute Gasteiger partial charge is 0.282 e. The standard InChI is InChI=1S/C10H11F2N3O3.ClH/c11-10(12,5-13)6-14-9(16)7-3-1-2-4-8(7)15(17)18;/h1-4H,5-6,13H2,(H,14,16);1H. The van der Waals surface area contributed by atoms with E-state index in [1.165, 1.54) is 18.2 Å². The summed E-state index contributed by atoms with van der Waals surface area (Å²) >= 11 is 0. The number of hydrogen-bond donors (Lipinski definition) is 2. The van der Waals surface area contributed by atoms with Crippen LogP contribution in [0.4, 0.5) is 14.5 Å². The number of nitro groups is 1. The Labute approximate surface area is 113 Å². The molecule has 0 aliphatic carbocycles. The molecule has 0 aliphatic heterocycles. The summed E-state index contributed by atoms with van der Waals surface area (Å²) < 4.78 is 25.6. The first-order valence-corrected chi connectivity index (χ1v) is 4.97. The number of para-hydroxylation sites is 1. The molecule has 0 saturated heterocycles. The van der Waals surface area contributed by atoms with Crippen LogP contribution in [0.1, 0.15) is 10.4 Å². The Balaban J connectivity index is 0.00000324. The van der Waals surface area contributed by atoms with Crippen molar-refractivity contribution in [3.8, 4) is 0 Å². The van der Waals surface area contributed by atoms with Crippen LogP contribution >= 0.6 is 12.4 Å². The predicted octanol–water partition coefficient (Wildman–Crippen LogP) is 1.34. The highest BCUT2D eigenvalue weighted by atomic mass is 35.5. The summed E-state index contributed by atoms with van der Waals surface area (Å²) in [7, 11) is 0. The summed E-state index contributed by atoms with van der Waals surface area (Å²) in [5, 5.41) is 12.6. The van der Waals surface area contributed by atoms with Gasteiger partial charge in [-0.2, -0.15) is 0 Å². The van der Waals surface area contributed by atoms with Crippen molar-refractivity contribution in [2.24, 2.45) is 5.73 Å². The van der Waals surface area contributed by atoms with E-state index in [2.05, 4.69) is 0 Å². The number of halogens is 3. The van der Waals surface area contributed by atoms with Crippen LogP contribution in [0, 0.1) is 10.1 Å². The summed E-state index contributed by atoms with van der Waals surface area (Å²) in [6, 6.07) is 5.09. The van der Waals surface area contributed by atoms with E-state index in [1.54, 1.807) is 0 Å². The molecule has 1 aromatic carbocycles. The maximum Gasteiger partial charge on any atom is 0.282 e. The monoisotopic (exact) mass is 295 g/mol. The molecule has 0 aliphatic rings. The molecule has 0 spiro atoms. The van der Waals surface area contributed by atoms with Gasteiger partial charge in [0.1, 0.15) is 5.56 Å². The van der Waals surface area contributed by atoms with Crippen LogP contribution in [-0.4, -0.2) is 29.8 Å². The molecule has 0 atom stereocenters. The van der Waals surface area contributed by atoms with Crippen molar-refractivity contribution >= 4 is 24.0 Å². The van der Waals surface area contributed by atoms with E-state index in [0.29, 0.717) is 0 Å². The lowest BCUT2D eigenvalue weighted by Gasteiger charge is -2.14. The number of benzene rings is 1. The number of carbonyl (C=O) groups is 1. The first-order valence-electron chi connectivity index (χ1n) is 4.97. The second-order valence-corrected chi connectivity index (χ2v) is 3.52. The molecule has 3 N–H and O–H groups in total. The third kappa shape index (κ3) is 4.76. The Morgan fingerprint density at radius 3 is 2.53 bits per heavy atom. The van der Waals surface area contributed by atoms with Gasteiger partial charge in [0, 0.05) is 6.07 Å². The lowest BCUT2D eigenvalue weighted by Crippen LogP contribution is -2.41. The lowest BCUT2D eigenvalue weighted by molar-refractivity contribution is -0.385. The minimum Gasteiger partial charge on any atom is -0.346 e. The molecule has 0 fully saturated rings. The average molecular weight is 296 g/mol. The largest absolute Gasteiger partial charge is 0.346 e. The molecule has 0 aromatic heterocycles. The number of amides is 1. The maximum absolute atomic E-state index is 12.8. The molecule has 1 rings (SSSR count). The molecular formula is C10H12ClF2N3O3. The summed E-state index contributed by atoms with van der Waals surface area (Å²) in [6.45, 7) is -1.88. The van der Waals surface area contributed by atoms with Gasteiger partial charge >= 0.3 is 0 Å². The number of rotatable bonds is 5. The minimum atomic E-state index is -3.24. The van der Waals surface area contributed by atoms with Crippen molar-refractivity contribution in [2.75, 3.05) is 13.1 Å². The molecule has 9 heteroatoms. The van der Waals surface area contributed by atoms with E-state index in [-0.39, 0.29) is 18.0 Å². The molecule has 106 valence electrons. The van der Waals surface area contributed by atoms with Crippen LogP contribution in [0.25, 0.3) is 0 Å². The zero-order valence-corrected chi connectivity index (χ0v) is 10.5. The zero-order chi connectivity index (χ0) is 13.8. The van der Waals surface area contributed by atoms with Crippen molar-refractivity contribution < 1.29 is 18.5 Å². The van der Waals surface area contributed by atoms with E-state index >= 15 is 0 Å². The second-order valence-electron chi connectivity index (χ2n) is 3.52. The SMILES string of the molecule is Cl.NCC(F)(F)CNC(=O)c1ccccc1[N+](=O)[O-]. The van der Waals surface area contributed by atoms with E-state index in [9.17, 15) is 23.7 Å². The van der Waals surface area contributed by atoms with Gasteiger partial charge in [0.15, 0.2) is 0 Å². The Bertz CT molecular complexity index is 471. The zero-order valence-electron chi connectivity index (χ0n) is 9.64. The summed E-state index contributed by atoms with van der Waals surface area (Å²) in [5.41, 5.74) is 4.09. The van der Waals surface area contributed by atoms with Crippen LogP contribution in [0.15, 0.2) is 24.3 Å². The summed E-state index contributed by atoms with van der Waals surface area (Å²) in [4.78, 5) is 21.4. The van der Waals surface area contributed by atoms with Gasteiger partial charge in [0.2, 0.25) is 0 Å². The quantitative estimate of drug-likeness (QED) is 0.632. The lowest BCUT2D eigenvalue weighted by atomic mass is 10.1. The molecular weight excluding hydrogens is 284 g/mol. The molecule has 0 radical (unpaired) electrons. The fourth-order valence-electron chi connectivity index (χ4n) is 1.20. The van der Waals surface area contributed by atoms with Gasteiger partial charge in [-0.3, -0.25) is 14.9 Å². The Morgan fingerprint density at radius 2 is 2.00 bits per heavy atom. The molecule has 6 nitrogen and oxygen atoms in total. The van der Waals surface area contributed by atoms with Crippen molar-refractivity contribution in [3.63, 3.8) is 0 Å². The summed E-state index contributed by atoms with van der Waals surface area (Å²) in [5.74, 6) is -4.17. The molecule has 1 aromatic rings. The van der Waals surface area contributed by atoms with Crippen molar-refractivity contribution in [1.82, 2.24) is 5.32 Å². The molecule has 0 saturated carbocycles. The molecule has 19 heavy (non-hydrogen) atoms. The number of nitro benzene ring substituents is 1. The number of nitrogens with one attached hydrogen (secondary N) is 1. The first-order chi connectivity index (χ1) is 8.37. The van der Waals surface area contributed by atoms with Gasteiger partial charge in [-0.15, -0.1) is 12.4 Å². The van der Waals surface area contributed by atoms with Crippen LogP contribution in [0.3, 0.4) is 0 Å². The van der Waals surface area contributed by atoms with Crippen LogP contribution in [0.5, 0.6) is 0 Å². The third-order valence-corrected chi connectivity index (χ3v) is 2.15. The summed E-state index contributed by atoms with van der Waals surface area (Å²) in [6.07, 6.45) is 0. The minimum absolute atomic E-state index is 0. The number of nitrogens with zero attached hydrogens (tertiary/aromatic N) is 1. The van der Waals surface area contributed by atoms with Gasteiger partial charge in [-0.05, 0) is 6.07 Å². The number of carbonyl (C=O) groups excluding carboxylic acids is 1. The maximum atomic E-state index is 12.8. The Morgan fingerprint density at radius 1 is 1.42 bits per heavy atom. The number of nitrogens with two attached hydrogens (primary N) is 1. The predicted molar refractivity (Wildman–Crippen MR) is 66.7 cm³/mol. The van der Waals surface area contributed by atoms with Crippen molar-refractivity contribution in [3.05, 3.63) is 39.9 Å². The average Bonchev–Trinajstić information content (AvgIpc) is 2.36. The van der Waals surface area contributed by atoms with Crippen molar-refractivity contribution in [1.29, 1.82) is 0 Å². The fourth-order valence-corrected chi connectivity index (χ4v) is 1.20. The molecule has 0 bridgehead atoms. The van der Waals surface area contributed by atoms with E-state index in [4.69, 9.17) is 5.73 Å². The van der Waals surface area contributed by atoms with Crippen LogP contribution in [-0.2, 0) is 0 Å². The number of alkyl halides is 2. The molecule has 1 amide bonds. The van der Waals surface area contributed by atoms with E-state index in [1.807, 2.05) is 5.32 Å². The fraction of sp³-hybridized carbons (Fsp3) is 0.300. The molecule has 0 unspecified atom stereocenters. The van der Waals surface area contributed by atoms with Gasteiger partial charge in [0.05, 0.1) is 18.0 Å². The van der Waals surface area contributed by atoms with E-state index in [0.717, 1.165) is 6.07 Å². The second kappa shape index (κ2) is 6.95. The van der Waals surface area contributed by atoms with Gasteiger partial charge < -0.3 is 11.1 Å². The topological polar surface area (TPSA) is 98.3 Å². The van der Waals surface area contributed by atoms with Gasteiger partial charge in [-0.1, -0.05) is 12.1 Å². The highest BCUT2D eigenvalue weighted by molar-refractivity contribution is 5.98. The van der Waals surface area contributed by atoms with Gasteiger partial charge in [-0.25, -0.2) is 8.78 Å². The molecule has 0 heterocycles. The van der Waals surface area contributed by atoms with Crippen LogP contribution in [0.2, 0.25) is 0 Å². The van der Waals surface area contributed by atoms with Crippen LogP contribution < -0.4 is 11.1 Å². The normalized spacial score (nSPS) is 10.5.